The molecule has 0 aliphatic heterocycles. The second kappa shape index (κ2) is 2.97. The first-order valence-corrected chi connectivity index (χ1v) is 4.15. The van der Waals surface area contributed by atoms with Crippen molar-refractivity contribution >= 4 is 11.0 Å². The Morgan fingerprint density at radius 2 is 2.38 bits per heavy atom. The van der Waals surface area contributed by atoms with Gasteiger partial charge in [-0.25, -0.2) is 4.79 Å². The van der Waals surface area contributed by atoms with Crippen LogP contribution in [-0.2, 0) is 6.42 Å². The maximum atomic E-state index is 11.1. The summed E-state index contributed by atoms with van der Waals surface area (Å²) in [6, 6.07) is 3.56. The average Bonchev–Trinajstić information content (AvgIpc) is 2.16. The summed E-state index contributed by atoms with van der Waals surface area (Å²) in [5.74, 6) is 0. The number of nitrogens with one attached hydrogen (secondary N) is 1. The molecule has 0 radical (unpaired) electrons. The Morgan fingerprint density at radius 3 is 3.15 bits per heavy atom. The fourth-order valence-corrected chi connectivity index (χ4v) is 1.30. The van der Waals surface area contributed by atoms with Crippen LogP contribution in [0, 0.1) is 0 Å². The maximum Gasteiger partial charge on any atom is 0.345 e. The standard InChI is InChI=1S/C9H9N3O/c1-2-6-8-7(4-3-5-10-8)12-9(13)11-6/h3-5H,2H2,1H3,(H,11,12,13). The van der Waals surface area contributed by atoms with E-state index >= 15 is 0 Å². The van der Waals surface area contributed by atoms with Crippen LogP contribution in [0.5, 0.6) is 0 Å². The van der Waals surface area contributed by atoms with Gasteiger partial charge in [-0.05, 0) is 18.6 Å². The molecule has 0 atom stereocenters. The van der Waals surface area contributed by atoms with Crippen LogP contribution in [0.25, 0.3) is 11.0 Å². The van der Waals surface area contributed by atoms with Gasteiger partial charge in [-0.3, -0.25) is 4.98 Å². The van der Waals surface area contributed by atoms with Gasteiger partial charge < -0.3 is 4.98 Å². The zero-order chi connectivity index (χ0) is 9.26. The molecule has 0 aliphatic carbocycles. The molecule has 2 heterocycles. The van der Waals surface area contributed by atoms with Crippen LogP contribution in [0.4, 0.5) is 0 Å². The van der Waals surface area contributed by atoms with Crippen LogP contribution in [-0.4, -0.2) is 15.0 Å². The van der Waals surface area contributed by atoms with Crippen molar-refractivity contribution in [1.82, 2.24) is 15.0 Å². The normalized spacial score (nSPS) is 10.5. The van der Waals surface area contributed by atoms with Crippen molar-refractivity contribution in [2.75, 3.05) is 0 Å². The number of nitrogens with zero attached hydrogens (tertiary/aromatic N) is 2. The minimum Gasteiger partial charge on any atom is -0.308 e. The third-order valence-corrected chi connectivity index (χ3v) is 1.91. The van der Waals surface area contributed by atoms with Crippen LogP contribution in [0.15, 0.2) is 23.1 Å². The third-order valence-electron chi connectivity index (χ3n) is 1.91. The van der Waals surface area contributed by atoms with Crippen molar-refractivity contribution in [3.05, 3.63) is 34.5 Å². The molecule has 0 fully saturated rings. The summed E-state index contributed by atoms with van der Waals surface area (Å²) in [7, 11) is 0. The van der Waals surface area contributed by atoms with E-state index in [9.17, 15) is 4.79 Å². The smallest absolute Gasteiger partial charge is 0.308 e. The Hall–Kier alpha value is -1.71. The highest BCUT2D eigenvalue weighted by molar-refractivity contribution is 5.75. The summed E-state index contributed by atoms with van der Waals surface area (Å²) in [4.78, 5) is 21.7. The fourth-order valence-electron chi connectivity index (χ4n) is 1.30. The number of hydrogen-bond donors (Lipinski definition) is 1. The summed E-state index contributed by atoms with van der Waals surface area (Å²) >= 11 is 0. The summed E-state index contributed by atoms with van der Waals surface area (Å²) in [5.41, 5.74) is 1.97. The summed E-state index contributed by atoms with van der Waals surface area (Å²) in [6.45, 7) is 1.97. The zero-order valence-electron chi connectivity index (χ0n) is 7.24. The van der Waals surface area contributed by atoms with Gasteiger partial charge in [0, 0.05) is 11.9 Å². The molecule has 66 valence electrons. The van der Waals surface area contributed by atoms with Crippen molar-refractivity contribution in [1.29, 1.82) is 0 Å². The van der Waals surface area contributed by atoms with E-state index in [0.717, 1.165) is 17.6 Å². The molecule has 0 amide bonds. The molecular weight excluding hydrogens is 166 g/mol. The van der Waals surface area contributed by atoms with Gasteiger partial charge in [0.25, 0.3) is 0 Å². The molecule has 0 aliphatic rings. The lowest BCUT2D eigenvalue weighted by atomic mass is 10.2. The monoisotopic (exact) mass is 175 g/mol. The molecule has 2 aromatic rings. The molecule has 0 saturated carbocycles. The summed E-state index contributed by atoms with van der Waals surface area (Å²) in [6.07, 6.45) is 2.45. The second-order valence-electron chi connectivity index (χ2n) is 2.75. The van der Waals surface area contributed by atoms with E-state index in [0.29, 0.717) is 5.52 Å². The molecule has 1 N–H and O–H groups in total. The number of aromatic nitrogens is 3. The van der Waals surface area contributed by atoms with Gasteiger partial charge in [0.2, 0.25) is 0 Å². The molecule has 13 heavy (non-hydrogen) atoms. The lowest BCUT2D eigenvalue weighted by Gasteiger charge is -2.00. The van der Waals surface area contributed by atoms with E-state index < -0.39 is 0 Å². The molecule has 4 nitrogen and oxygen atoms in total. The van der Waals surface area contributed by atoms with Gasteiger partial charge in [-0.15, -0.1) is 0 Å². The molecule has 0 bridgehead atoms. The average molecular weight is 175 g/mol. The number of aromatic amines is 1. The Kier molecular flexibility index (Phi) is 1.81. The molecule has 0 aromatic carbocycles. The molecule has 4 heteroatoms. The first kappa shape index (κ1) is 7.91. The van der Waals surface area contributed by atoms with Gasteiger partial charge in [-0.2, -0.15) is 4.98 Å². The number of fused-ring (bicyclic) bond motifs is 1. The van der Waals surface area contributed by atoms with Gasteiger partial charge in [0.15, 0.2) is 0 Å². The molecule has 0 saturated heterocycles. The third kappa shape index (κ3) is 1.30. The number of H-pyrrole nitrogens is 1. The van der Waals surface area contributed by atoms with Crippen LogP contribution >= 0.6 is 0 Å². The van der Waals surface area contributed by atoms with E-state index in [1.165, 1.54) is 0 Å². The zero-order valence-corrected chi connectivity index (χ0v) is 7.24. The van der Waals surface area contributed by atoms with E-state index in [-0.39, 0.29) is 5.69 Å². The van der Waals surface area contributed by atoms with E-state index in [1.807, 2.05) is 6.92 Å². The predicted molar refractivity (Wildman–Crippen MR) is 49.5 cm³/mol. The highest BCUT2D eigenvalue weighted by Gasteiger charge is 2.02. The summed E-state index contributed by atoms with van der Waals surface area (Å²) in [5, 5.41) is 0. The quantitative estimate of drug-likeness (QED) is 0.699. The molecule has 0 spiro atoms. The van der Waals surface area contributed by atoms with Gasteiger partial charge >= 0.3 is 5.69 Å². The first-order valence-electron chi connectivity index (χ1n) is 4.15. The Bertz CT molecular complexity index is 489. The highest BCUT2D eigenvalue weighted by atomic mass is 16.1. The Balaban J connectivity index is 2.89. The largest absolute Gasteiger partial charge is 0.345 e. The van der Waals surface area contributed by atoms with Crippen LogP contribution in [0.3, 0.4) is 0 Å². The number of pyridine rings is 1. The van der Waals surface area contributed by atoms with Crippen LogP contribution in [0.1, 0.15) is 12.6 Å². The van der Waals surface area contributed by atoms with Gasteiger partial charge in [0.1, 0.15) is 5.52 Å². The van der Waals surface area contributed by atoms with Crippen LogP contribution in [0.2, 0.25) is 0 Å². The van der Waals surface area contributed by atoms with Crippen molar-refractivity contribution in [2.24, 2.45) is 0 Å². The topological polar surface area (TPSA) is 58.6 Å². The molecular formula is C9H9N3O. The van der Waals surface area contributed by atoms with Crippen molar-refractivity contribution in [3.63, 3.8) is 0 Å². The number of aryl methyl sites for hydroxylation is 1. The highest BCUT2D eigenvalue weighted by Crippen LogP contribution is 2.08. The molecule has 2 rings (SSSR count). The number of hydrogen-bond acceptors (Lipinski definition) is 3. The molecule has 0 unspecified atom stereocenters. The first-order chi connectivity index (χ1) is 6.31. The Labute approximate surface area is 74.7 Å². The van der Waals surface area contributed by atoms with Crippen molar-refractivity contribution in [2.45, 2.75) is 13.3 Å². The van der Waals surface area contributed by atoms with E-state index in [1.54, 1.807) is 18.3 Å². The maximum absolute atomic E-state index is 11.1. The van der Waals surface area contributed by atoms with Crippen molar-refractivity contribution in [3.8, 4) is 0 Å². The predicted octanol–water partition coefficient (Wildman–Crippen LogP) is 0.880. The van der Waals surface area contributed by atoms with Gasteiger partial charge in [-0.1, -0.05) is 6.92 Å². The lowest BCUT2D eigenvalue weighted by molar-refractivity contribution is 0.979. The second-order valence-corrected chi connectivity index (χ2v) is 2.75. The minimum absolute atomic E-state index is 0.308. The fraction of sp³-hybridized carbons (Fsp3) is 0.222. The van der Waals surface area contributed by atoms with Crippen molar-refractivity contribution < 1.29 is 0 Å². The van der Waals surface area contributed by atoms with Gasteiger partial charge in [0.05, 0.1) is 5.52 Å². The Morgan fingerprint density at radius 1 is 1.54 bits per heavy atom. The van der Waals surface area contributed by atoms with Crippen LogP contribution < -0.4 is 5.69 Å². The van der Waals surface area contributed by atoms with E-state index in [4.69, 9.17) is 0 Å². The number of rotatable bonds is 1. The SMILES string of the molecule is CCc1[nH]c(=O)nc2cccnc12. The molecule has 2 aromatic heterocycles. The lowest BCUT2D eigenvalue weighted by Crippen LogP contribution is -2.13. The summed E-state index contributed by atoms with van der Waals surface area (Å²) < 4.78 is 0. The minimum atomic E-state index is -0.308. The van der Waals surface area contributed by atoms with E-state index in [2.05, 4.69) is 15.0 Å².